The van der Waals surface area contributed by atoms with Crippen LogP contribution in [0.4, 0.5) is 5.82 Å². The maximum atomic E-state index is 11.0. The van der Waals surface area contributed by atoms with Gasteiger partial charge < -0.3 is 5.32 Å². The lowest BCUT2D eigenvalue weighted by atomic mass is 10.3. The summed E-state index contributed by atoms with van der Waals surface area (Å²) in [4.78, 5) is 19.1. The van der Waals surface area contributed by atoms with Crippen LogP contribution >= 0.6 is 11.3 Å². The number of hydrogen-bond donors (Lipinski definition) is 1. The summed E-state index contributed by atoms with van der Waals surface area (Å²) in [5, 5.41) is 7.14. The zero-order valence-electron chi connectivity index (χ0n) is 12.2. The normalized spacial score (nSPS) is 19.0. The van der Waals surface area contributed by atoms with Crippen LogP contribution in [0.25, 0.3) is 0 Å². The lowest BCUT2D eigenvalue weighted by Crippen LogP contribution is -2.21. The lowest BCUT2D eigenvalue weighted by Gasteiger charge is -2.15. The first kappa shape index (κ1) is 14.2. The minimum Gasteiger partial charge on any atom is -0.309 e. The van der Waals surface area contributed by atoms with Gasteiger partial charge in [0.15, 0.2) is 5.82 Å². The van der Waals surface area contributed by atoms with Crippen LogP contribution in [0.5, 0.6) is 0 Å². The van der Waals surface area contributed by atoms with Crippen molar-refractivity contribution in [1.29, 1.82) is 0 Å². The Balaban J connectivity index is 1.60. The topological polar surface area (TPSA) is 63.1 Å². The number of aryl methyl sites for hydroxylation is 1. The number of carbonyl (C=O) groups is 1. The van der Waals surface area contributed by atoms with Crippen LogP contribution < -0.4 is 5.32 Å². The molecule has 1 N–H and O–H groups in total. The molecule has 0 saturated carbocycles. The summed E-state index contributed by atoms with van der Waals surface area (Å²) in [5.74, 6) is 0.535. The predicted molar refractivity (Wildman–Crippen MR) is 82.3 cm³/mol. The molecule has 7 heteroatoms. The van der Waals surface area contributed by atoms with Crippen LogP contribution in [-0.4, -0.2) is 38.7 Å². The Kier molecular flexibility index (Phi) is 4.03. The first-order valence-corrected chi connectivity index (χ1v) is 7.94. The highest BCUT2D eigenvalue weighted by molar-refractivity contribution is 7.09. The molecule has 3 rings (SSSR count). The molecule has 1 aliphatic heterocycles. The standard InChI is InChI=1S/C14H19N5OS/c1-10-13(21-9-15-10)8-18-5-3-12(7-18)19-6-4-14(17-19)16-11(2)20/h4,6,9,12H,3,5,7-8H2,1-2H3,(H,16,17,20)/t12-/m1/s1. The highest BCUT2D eigenvalue weighted by Gasteiger charge is 2.25. The van der Waals surface area contributed by atoms with Gasteiger partial charge >= 0.3 is 0 Å². The van der Waals surface area contributed by atoms with Gasteiger partial charge in [0.25, 0.3) is 0 Å². The molecule has 1 amide bonds. The average molecular weight is 305 g/mol. The number of anilines is 1. The SMILES string of the molecule is CC(=O)Nc1ccn([C@@H]2CCN(Cc3scnc3C)C2)n1. The van der Waals surface area contributed by atoms with Gasteiger partial charge in [0.1, 0.15) is 0 Å². The van der Waals surface area contributed by atoms with E-state index in [0.29, 0.717) is 11.9 Å². The molecular formula is C14H19N5OS. The fourth-order valence-electron chi connectivity index (χ4n) is 2.64. The van der Waals surface area contributed by atoms with E-state index in [1.165, 1.54) is 11.8 Å². The van der Waals surface area contributed by atoms with Crippen LogP contribution in [0, 0.1) is 6.92 Å². The fraction of sp³-hybridized carbons (Fsp3) is 0.500. The fourth-order valence-corrected chi connectivity index (χ4v) is 3.46. The number of amides is 1. The smallest absolute Gasteiger partial charge is 0.222 e. The molecule has 6 nitrogen and oxygen atoms in total. The number of aromatic nitrogens is 3. The van der Waals surface area contributed by atoms with Crippen molar-refractivity contribution < 1.29 is 4.79 Å². The van der Waals surface area contributed by atoms with Crippen molar-refractivity contribution >= 4 is 23.1 Å². The van der Waals surface area contributed by atoms with Crippen LogP contribution in [0.15, 0.2) is 17.8 Å². The second-order valence-electron chi connectivity index (χ2n) is 5.40. The Labute approximate surface area is 127 Å². The molecule has 0 radical (unpaired) electrons. The van der Waals surface area contributed by atoms with Crippen molar-refractivity contribution in [3.8, 4) is 0 Å². The Bertz CT molecular complexity index is 635. The quantitative estimate of drug-likeness (QED) is 0.939. The number of rotatable bonds is 4. The molecule has 2 aromatic heterocycles. The molecule has 0 unspecified atom stereocenters. The van der Waals surface area contributed by atoms with Crippen molar-refractivity contribution in [3.05, 3.63) is 28.3 Å². The van der Waals surface area contributed by atoms with E-state index in [-0.39, 0.29) is 5.91 Å². The van der Waals surface area contributed by atoms with Crippen molar-refractivity contribution in [2.24, 2.45) is 0 Å². The summed E-state index contributed by atoms with van der Waals surface area (Å²) >= 11 is 1.72. The van der Waals surface area contributed by atoms with E-state index in [1.807, 2.05) is 22.5 Å². The zero-order valence-corrected chi connectivity index (χ0v) is 13.1. The van der Waals surface area contributed by atoms with E-state index in [9.17, 15) is 4.79 Å². The lowest BCUT2D eigenvalue weighted by molar-refractivity contribution is -0.114. The first-order valence-electron chi connectivity index (χ1n) is 7.06. The van der Waals surface area contributed by atoms with Crippen molar-refractivity contribution in [1.82, 2.24) is 19.7 Å². The third-order valence-electron chi connectivity index (χ3n) is 3.75. The van der Waals surface area contributed by atoms with Gasteiger partial charge in [-0.1, -0.05) is 0 Å². The van der Waals surface area contributed by atoms with Crippen molar-refractivity contribution in [3.63, 3.8) is 0 Å². The number of thiazole rings is 1. The third kappa shape index (κ3) is 3.30. The predicted octanol–water partition coefficient (Wildman–Crippen LogP) is 2.05. The maximum absolute atomic E-state index is 11.0. The molecule has 1 atom stereocenters. The second kappa shape index (κ2) is 5.95. The molecule has 1 aliphatic rings. The largest absolute Gasteiger partial charge is 0.309 e. The van der Waals surface area contributed by atoms with E-state index in [2.05, 4.69) is 27.2 Å². The molecule has 3 heterocycles. The van der Waals surface area contributed by atoms with Crippen molar-refractivity contribution in [2.45, 2.75) is 32.9 Å². The van der Waals surface area contributed by atoms with E-state index in [4.69, 9.17) is 0 Å². The number of hydrogen-bond acceptors (Lipinski definition) is 5. The number of likely N-dealkylation sites (tertiary alicyclic amines) is 1. The molecule has 0 aliphatic carbocycles. The Morgan fingerprint density at radius 1 is 1.57 bits per heavy atom. The van der Waals surface area contributed by atoms with E-state index in [0.717, 1.165) is 31.7 Å². The molecule has 2 aromatic rings. The van der Waals surface area contributed by atoms with Crippen LogP contribution in [0.1, 0.15) is 30.0 Å². The van der Waals surface area contributed by atoms with Gasteiger partial charge in [0.2, 0.25) is 5.91 Å². The van der Waals surface area contributed by atoms with Crippen LogP contribution in [-0.2, 0) is 11.3 Å². The van der Waals surface area contributed by atoms with Gasteiger partial charge in [-0.25, -0.2) is 4.98 Å². The molecule has 0 aromatic carbocycles. The van der Waals surface area contributed by atoms with Gasteiger partial charge in [0.05, 0.1) is 17.2 Å². The second-order valence-corrected chi connectivity index (χ2v) is 6.34. The molecule has 112 valence electrons. The molecule has 0 bridgehead atoms. The molecule has 1 fully saturated rings. The summed E-state index contributed by atoms with van der Waals surface area (Å²) in [6.45, 7) is 6.57. The van der Waals surface area contributed by atoms with Gasteiger partial charge in [-0.2, -0.15) is 5.10 Å². The van der Waals surface area contributed by atoms with E-state index < -0.39 is 0 Å². The Morgan fingerprint density at radius 3 is 3.14 bits per heavy atom. The van der Waals surface area contributed by atoms with Gasteiger partial charge in [-0.15, -0.1) is 11.3 Å². The molecular weight excluding hydrogens is 286 g/mol. The Morgan fingerprint density at radius 2 is 2.43 bits per heavy atom. The summed E-state index contributed by atoms with van der Waals surface area (Å²) in [6.07, 6.45) is 3.02. The summed E-state index contributed by atoms with van der Waals surface area (Å²) in [6, 6.07) is 2.22. The number of nitrogens with one attached hydrogen (secondary N) is 1. The Hall–Kier alpha value is -1.73. The third-order valence-corrected chi connectivity index (χ3v) is 4.67. The first-order chi connectivity index (χ1) is 10.1. The van der Waals surface area contributed by atoms with E-state index >= 15 is 0 Å². The van der Waals surface area contributed by atoms with Crippen LogP contribution in [0.3, 0.4) is 0 Å². The summed E-state index contributed by atoms with van der Waals surface area (Å²) in [5.41, 5.74) is 3.04. The number of carbonyl (C=O) groups excluding carboxylic acids is 1. The highest BCUT2D eigenvalue weighted by atomic mass is 32.1. The van der Waals surface area contributed by atoms with Gasteiger partial charge in [-0.05, 0) is 13.3 Å². The summed E-state index contributed by atoms with van der Waals surface area (Å²) < 4.78 is 1.96. The minimum absolute atomic E-state index is 0.0889. The maximum Gasteiger partial charge on any atom is 0.222 e. The van der Waals surface area contributed by atoms with Crippen LogP contribution in [0.2, 0.25) is 0 Å². The van der Waals surface area contributed by atoms with E-state index in [1.54, 1.807) is 11.3 Å². The summed E-state index contributed by atoms with van der Waals surface area (Å²) in [7, 11) is 0. The minimum atomic E-state index is -0.0889. The van der Waals surface area contributed by atoms with Gasteiger partial charge in [0, 0.05) is 43.7 Å². The van der Waals surface area contributed by atoms with Crippen molar-refractivity contribution in [2.75, 3.05) is 18.4 Å². The molecule has 1 saturated heterocycles. The number of nitrogens with zero attached hydrogens (tertiary/aromatic N) is 4. The average Bonchev–Trinajstić information content (AvgIpc) is 3.12. The zero-order chi connectivity index (χ0) is 14.8. The van der Waals surface area contributed by atoms with Gasteiger partial charge in [-0.3, -0.25) is 14.4 Å². The highest BCUT2D eigenvalue weighted by Crippen LogP contribution is 2.25. The molecule has 0 spiro atoms. The molecule has 21 heavy (non-hydrogen) atoms. The monoisotopic (exact) mass is 305 g/mol.